The fourth-order valence-electron chi connectivity index (χ4n) is 2.12. The van der Waals surface area contributed by atoms with Crippen molar-refractivity contribution >= 4 is 11.7 Å². The average molecular weight is 235 g/mol. The van der Waals surface area contributed by atoms with E-state index in [9.17, 15) is 4.79 Å². The average Bonchev–Trinajstić information content (AvgIpc) is 2.26. The van der Waals surface area contributed by atoms with Gasteiger partial charge in [-0.3, -0.25) is 0 Å². The summed E-state index contributed by atoms with van der Waals surface area (Å²) in [4.78, 5) is 12.9. The van der Waals surface area contributed by atoms with Crippen LogP contribution in [0, 0.1) is 0 Å². The summed E-state index contributed by atoms with van der Waals surface area (Å²) in [6.07, 6.45) is 3.54. The Balaban J connectivity index is 2.14. The standard InChI is InChI=1S/C13H17NO3/c15-9-8-14(11-2-1-3-11)12-6-4-10(5-7-12)13(16)17/h4-7,11,15H,1-3,8-9H2,(H,16,17). The van der Waals surface area contributed by atoms with Crippen LogP contribution in [0.4, 0.5) is 5.69 Å². The number of hydrogen-bond donors (Lipinski definition) is 2. The molecule has 1 aromatic carbocycles. The van der Waals surface area contributed by atoms with Crippen molar-refractivity contribution in [2.75, 3.05) is 18.1 Å². The highest BCUT2D eigenvalue weighted by Crippen LogP contribution is 2.29. The van der Waals surface area contributed by atoms with Gasteiger partial charge in [0.25, 0.3) is 0 Å². The van der Waals surface area contributed by atoms with E-state index in [0.717, 1.165) is 18.5 Å². The zero-order valence-corrected chi connectivity index (χ0v) is 9.67. The molecule has 0 radical (unpaired) electrons. The second-order valence-electron chi connectivity index (χ2n) is 4.35. The molecule has 0 aliphatic heterocycles. The first kappa shape index (κ1) is 11.9. The molecule has 0 unspecified atom stereocenters. The van der Waals surface area contributed by atoms with Crippen molar-refractivity contribution in [1.82, 2.24) is 0 Å². The molecule has 1 saturated carbocycles. The number of carboxylic acid groups (broad SMARTS) is 1. The van der Waals surface area contributed by atoms with E-state index in [4.69, 9.17) is 10.2 Å². The summed E-state index contributed by atoms with van der Waals surface area (Å²) >= 11 is 0. The fourth-order valence-corrected chi connectivity index (χ4v) is 2.12. The van der Waals surface area contributed by atoms with Gasteiger partial charge in [-0.2, -0.15) is 0 Å². The third-order valence-electron chi connectivity index (χ3n) is 3.30. The Morgan fingerprint density at radius 3 is 2.35 bits per heavy atom. The minimum atomic E-state index is -0.908. The number of hydrogen-bond acceptors (Lipinski definition) is 3. The SMILES string of the molecule is O=C(O)c1ccc(N(CCO)C2CCC2)cc1. The number of anilines is 1. The van der Waals surface area contributed by atoms with Crippen molar-refractivity contribution in [3.8, 4) is 0 Å². The second-order valence-corrected chi connectivity index (χ2v) is 4.35. The molecule has 0 amide bonds. The maximum Gasteiger partial charge on any atom is 0.335 e. The minimum Gasteiger partial charge on any atom is -0.478 e. The molecule has 1 aliphatic rings. The molecular formula is C13H17NO3. The van der Waals surface area contributed by atoms with Gasteiger partial charge in [0.2, 0.25) is 0 Å². The van der Waals surface area contributed by atoms with Crippen LogP contribution < -0.4 is 4.90 Å². The summed E-state index contributed by atoms with van der Waals surface area (Å²) in [6.45, 7) is 0.730. The number of aliphatic hydroxyl groups is 1. The van der Waals surface area contributed by atoms with Crippen molar-refractivity contribution in [3.05, 3.63) is 29.8 Å². The summed E-state index contributed by atoms with van der Waals surface area (Å²) in [6, 6.07) is 7.36. The van der Waals surface area contributed by atoms with Crippen LogP contribution in [-0.4, -0.2) is 35.4 Å². The minimum absolute atomic E-state index is 0.122. The number of nitrogens with zero attached hydrogens (tertiary/aromatic N) is 1. The van der Waals surface area contributed by atoms with Crippen molar-refractivity contribution in [2.45, 2.75) is 25.3 Å². The third kappa shape index (κ3) is 2.58. The third-order valence-corrected chi connectivity index (χ3v) is 3.30. The smallest absolute Gasteiger partial charge is 0.335 e. The van der Waals surface area contributed by atoms with E-state index in [1.807, 2.05) is 12.1 Å². The number of aliphatic hydroxyl groups excluding tert-OH is 1. The topological polar surface area (TPSA) is 60.8 Å². The van der Waals surface area contributed by atoms with E-state index >= 15 is 0 Å². The molecule has 1 aliphatic carbocycles. The van der Waals surface area contributed by atoms with Gasteiger partial charge in [-0.25, -0.2) is 4.79 Å². The van der Waals surface area contributed by atoms with Gasteiger partial charge in [0.15, 0.2) is 0 Å². The molecule has 0 spiro atoms. The van der Waals surface area contributed by atoms with Gasteiger partial charge in [-0.05, 0) is 43.5 Å². The largest absolute Gasteiger partial charge is 0.478 e. The van der Waals surface area contributed by atoms with Crippen molar-refractivity contribution in [3.63, 3.8) is 0 Å². The van der Waals surface area contributed by atoms with Crippen LogP contribution >= 0.6 is 0 Å². The first-order valence-corrected chi connectivity index (χ1v) is 5.93. The molecule has 4 heteroatoms. The maximum atomic E-state index is 10.8. The first-order chi connectivity index (χ1) is 8.22. The lowest BCUT2D eigenvalue weighted by Gasteiger charge is -2.39. The Bertz CT molecular complexity index is 384. The molecule has 1 aromatic rings. The molecule has 0 saturated heterocycles. The van der Waals surface area contributed by atoms with E-state index in [2.05, 4.69) is 4.90 Å². The number of aromatic carboxylic acids is 1. The van der Waals surface area contributed by atoms with Gasteiger partial charge in [0, 0.05) is 18.3 Å². The summed E-state index contributed by atoms with van der Waals surface area (Å²) in [5.41, 5.74) is 1.29. The molecule has 4 nitrogen and oxygen atoms in total. The van der Waals surface area contributed by atoms with Crippen LogP contribution in [0.25, 0.3) is 0 Å². The van der Waals surface area contributed by atoms with Crippen LogP contribution in [-0.2, 0) is 0 Å². The number of rotatable bonds is 5. The molecule has 0 bridgehead atoms. The van der Waals surface area contributed by atoms with Gasteiger partial charge in [0.1, 0.15) is 0 Å². The molecule has 0 heterocycles. The van der Waals surface area contributed by atoms with Crippen LogP contribution in [0.2, 0.25) is 0 Å². The maximum absolute atomic E-state index is 10.8. The summed E-state index contributed by atoms with van der Waals surface area (Å²) in [7, 11) is 0. The fraction of sp³-hybridized carbons (Fsp3) is 0.462. The highest BCUT2D eigenvalue weighted by atomic mass is 16.4. The van der Waals surface area contributed by atoms with Gasteiger partial charge >= 0.3 is 5.97 Å². The lowest BCUT2D eigenvalue weighted by Crippen LogP contribution is -2.41. The number of carbonyl (C=O) groups is 1. The highest BCUT2D eigenvalue weighted by molar-refractivity contribution is 5.88. The van der Waals surface area contributed by atoms with Gasteiger partial charge in [-0.1, -0.05) is 0 Å². The van der Waals surface area contributed by atoms with E-state index in [0.29, 0.717) is 18.2 Å². The Hall–Kier alpha value is -1.55. The molecule has 92 valence electrons. The molecular weight excluding hydrogens is 218 g/mol. The first-order valence-electron chi connectivity index (χ1n) is 5.93. The van der Waals surface area contributed by atoms with Crippen LogP contribution in [0.3, 0.4) is 0 Å². The van der Waals surface area contributed by atoms with Gasteiger partial charge < -0.3 is 15.1 Å². The number of carboxylic acids is 1. The van der Waals surface area contributed by atoms with Gasteiger partial charge in [0.05, 0.1) is 12.2 Å². The Labute approximate surface area is 100 Å². The van der Waals surface area contributed by atoms with Crippen LogP contribution in [0.1, 0.15) is 29.6 Å². The van der Waals surface area contributed by atoms with E-state index in [1.165, 1.54) is 6.42 Å². The predicted octanol–water partition coefficient (Wildman–Crippen LogP) is 1.74. The van der Waals surface area contributed by atoms with E-state index < -0.39 is 5.97 Å². The zero-order valence-electron chi connectivity index (χ0n) is 9.67. The summed E-state index contributed by atoms with van der Waals surface area (Å²) in [5, 5.41) is 17.9. The van der Waals surface area contributed by atoms with Gasteiger partial charge in [-0.15, -0.1) is 0 Å². The van der Waals surface area contributed by atoms with Crippen molar-refractivity contribution < 1.29 is 15.0 Å². The lowest BCUT2D eigenvalue weighted by atomic mass is 9.91. The Morgan fingerprint density at radius 1 is 1.29 bits per heavy atom. The van der Waals surface area contributed by atoms with Crippen molar-refractivity contribution in [1.29, 1.82) is 0 Å². The second kappa shape index (κ2) is 5.19. The molecule has 2 N–H and O–H groups in total. The van der Waals surface area contributed by atoms with Crippen LogP contribution in [0.15, 0.2) is 24.3 Å². The predicted molar refractivity (Wildman–Crippen MR) is 65.5 cm³/mol. The quantitative estimate of drug-likeness (QED) is 0.816. The van der Waals surface area contributed by atoms with Crippen molar-refractivity contribution in [2.24, 2.45) is 0 Å². The summed E-state index contributed by atoms with van der Waals surface area (Å²) in [5.74, 6) is -0.908. The zero-order chi connectivity index (χ0) is 12.3. The molecule has 0 atom stereocenters. The number of benzene rings is 1. The summed E-state index contributed by atoms with van der Waals surface area (Å²) < 4.78 is 0. The van der Waals surface area contributed by atoms with Crippen LogP contribution in [0.5, 0.6) is 0 Å². The molecule has 2 rings (SSSR count). The molecule has 0 aromatic heterocycles. The monoisotopic (exact) mass is 235 g/mol. The Morgan fingerprint density at radius 2 is 1.94 bits per heavy atom. The molecule has 1 fully saturated rings. The molecule has 17 heavy (non-hydrogen) atoms. The lowest BCUT2D eigenvalue weighted by molar-refractivity contribution is 0.0697. The van der Waals surface area contributed by atoms with E-state index in [-0.39, 0.29) is 6.61 Å². The Kier molecular flexibility index (Phi) is 3.64. The van der Waals surface area contributed by atoms with E-state index in [1.54, 1.807) is 12.1 Å². The normalized spacial score (nSPS) is 15.4. The highest BCUT2D eigenvalue weighted by Gasteiger charge is 2.24.